The lowest BCUT2D eigenvalue weighted by atomic mass is 10.1. The SMILES string of the molecule is Cc1cc(CN(C)CC(=O)Nc2ccccc2Br)cc(C)c1OCC(F)(F)F. The predicted octanol–water partition coefficient (Wildman–Crippen LogP) is 5.08. The first-order valence-electron chi connectivity index (χ1n) is 8.58. The maximum absolute atomic E-state index is 12.4. The Kier molecular flexibility index (Phi) is 7.48. The van der Waals surface area contributed by atoms with Crippen molar-refractivity contribution in [1.29, 1.82) is 0 Å². The zero-order valence-electron chi connectivity index (χ0n) is 15.9. The highest BCUT2D eigenvalue weighted by atomic mass is 79.9. The van der Waals surface area contributed by atoms with Crippen LogP contribution in [0.1, 0.15) is 16.7 Å². The summed E-state index contributed by atoms with van der Waals surface area (Å²) in [5, 5.41) is 2.84. The summed E-state index contributed by atoms with van der Waals surface area (Å²) in [5.41, 5.74) is 2.85. The van der Waals surface area contributed by atoms with Gasteiger partial charge in [-0.15, -0.1) is 0 Å². The summed E-state index contributed by atoms with van der Waals surface area (Å²) in [6, 6.07) is 10.9. The molecule has 0 saturated heterocycles. The van der Waals surface area contributed by atoms with Gasteiger partial charge < -0.3 is 10.1 Å². The average molecular weight is 459 g/mol. The molecule has 0 bridgehead atoms. The van der Waals surface area contributed by atoms with Crippen LogP contribution in [0.5, 0.6) is 5.75 Å². The summed E-state index contributed by atoms with van der Waals surface area (Å²) in [7, 11) is 1.80. The monoisotopic (exact) mass is 458 g/mol. The predicted molar refractivity (Wildman–Crippen MR) is 107 cm³/mol. The van der Waals surface area contributed by atoms with Crippen molar-refractivity contribution < 1.29 is 22.7 Å². The first-order chi connectivity index (χ1) is 13.0. The number of nitrogens with zero attached hydrogens (tertiary/aromatic N) is 1. The van der Waals surface area contributed by atoms with E-state index in [2.05, 4.69) is 21.2 Å². The fourth-order valence-corrected chi connectivity index (χ4v) is 3.26. The van der Waals surface area contributed by atoms with Crippen LogP contribution in [0.3, 0.4) is 0 Å². The van der Waals surface area contributed by atoms with Crippen LogP contribution < -0.4 is 10.1 Å². The van der Waals surface area contributed by atoms with Crippen LogP contribution in [0, 0.1) is 13.8 Å². The Hall–Kier alpha value is -2.06. The zero-order chi connectivity index (χ0) is 20.9. The molecule has 1 N–H and O–H groups in total. The Morgan fingerprint density at radius 1 is 1.18 bits per heavy atom. The van der Waals surface area contributed by atoms with E-state index in [0.717, 1.165) is 10.0 Å². The Bertz CT molecular complexity index is 817. The average Bonchev–Trinajstić information content (AvgIpc) is 2.55. The Balaban J connectivity index is 1.97. The molecule has 0 fully saturated rings. The summed E-state index contributed by atoms with van der Waals surface area (Å²) in [4.78, 5) is 14.1. The Morgan fingerprint density at radius 2 is 1.79 bits per heavy atom. The lowest BCUT2D eigenvalue weighted by Crippen LogP contribution is -2.30. The number of benzene rings is 2. The number of hydrogen-bond acceptors (Lipinski definition) is 3. The number of anilines is 1. The van der Waals surface area contributed by atoms with Gasteiger partial charge in [-0.1, -0.05) is 24.3 Å². The van der Waals surface area contributed by atoms with Crippen LogP contribution in [-0.2, 0) is 11.3 Å². The fraction of sp³-hybridized carbons (Fsp3) is 0.350. The number of amides is 1. The molecule has 0 aromatic heterocycles. The molecule has 0 saturated carbocycles. The number of halogens is 4. The molecule has 0 unspecified atom stereocenters. The third kappa shape index (κ3) is 6.83. The molecule has 0 radical (unpaired) electrons. The van der Waals surface area contributed by atoms with Crippen molar-refractivity contribution in [2.24, 2.45) is 0 Å². The molecule has 1 amide bonds. The van der Waals surface area contributed by atoms with Crippen molar-refractivity contribution in [3.8, 4) is 5.75 Å². The Morgan fingerprint density at radius 3 is 2.36 bits per heavy atom. The second kappa shape index (κ2) is 9.43. The number of carbonyl (C=O) groups excluding carboxylic acids is 1. The third-order valence-electron chi connectivity index (χ3n) is 3.91. The van der Waals surface area contributed by atoms with Crippen molar-refractivity contribution in [3.63, 3.8) is 0 Å². The third-order valence-corrected chi connectivity index (χ3v) is 4.61. The standard InChI is InChI=1S/C20H22BrF3N2O2/c1-13-8-15(9-14(2)19(13)28-12-20(22,23)24)10-26(3)11-18(27)25-17-7-5-4-6-16(17)21/h4-9H,10-12H2,1-3H3,(H,25,27). The van der Waals surface area contributed by atoms with E-state index < -0.39 is 12.8 Å². The lowest BCUT2D eigenvalue weighted by molar-refractivity contribution is -0.153. The summed E-state index contributed by atoms with van der Waals surface area (Å²) in [5.74, 6) is 0.0865. The second-order valence-electron chi connectivity index (χ2n) is 6.66. The fourth-order valence-electron chi connectivity index (χ4n) is 2.88. The lowest BCUT2D eigenvalue weighted by Gasteiger charge is -2.19. The summed E-state index contributed by atoms with van der Waals surface area (Å²) < 4.78 is 42.9. The largest absolute Gasteiger partial charge is 0.484 e. The maximum atomic E-state index is 12.4. The number of likely N-dealkylation sites (N-methyl/N-ethyl adjacent to an activating group) is 1. The minimum atomic E-state index is -4.38. The van der Waals surface area contributed by atoms with Gasteiger partial charge in [-0.2, -0.15) is 13.2 Å². The van der Waals surface area contributed by atoms with Gasteiger partial charge in [0.2, 0.25) is 5.91 Å². The van der Waals surface area contributed by atoms with Crippen LogP contribution in [0.4, 0.5) is 18.9 Å². The van der Waals surface area contributed by atoms with E-state index in [9.17, 15) is 18.0 Å². The van der Waals surface area contributed by atoms with Gasteiger partial charge in [0, 0.05) is 11.0 Å². The van der Waals surface area contributed by atoms with E-state index >= 15 is 0 Å². The van der Waals surface area contributed by atoms with Gasteiger partial charge in [-0.3, -0.25) is 9.69 Å². The molecule has 0 spiro atoms. The van der Waals surface area contributed by atoms with Gasteiger partial charge >= 0.3 is 6.18 Å². The van der Waals surface area contributed by atoms with Crippen molar-refractivity contribution in [2.45, 2.75) is 26.6 Å². The zero-order valence-corrected chi connectivity index (χ0v) is 17.4. The van der Waals surface area contributed by atoms with E-state index in [1.807, 2.05) is 23.1 Å². The van der Waals surface area contributed by atoms with Crippen LogP contribution in [0.2, 0.25) is 0 Å². The summed E-state index contributed by atoms with van der Waals surface area (Å²) in [6.07, 6.45) is -4.38. The van der Waals surface area contributed by atoms with Gasteiger partial charge in [-0.25, -0.2) is 0 Å². The van der Waals surface area contributed by atoms with Gasteiger partial charge in [-0.05, 0) is 65.6 Å². The molecule has 8 heteroatoms. The molecule has 2 aromatic carbocycles. The van der Waals surface area contributed by atoms with Crippen LogP contribution in [0.25, 0.3) is 0 Å². The Labute approximate surface area is 170 Å². The number of rotatable bonds is 7. The van der Waals surface area contributed by atoms with Gasteiger partial charge in [0.1, 0.15) is 5.75 Å². The molecule has 0 aliphatic carbocycles. The smallest absolute Gasteiger partial charge is 0.422 e. The molecular weight excluding hydrogens is 437 g/mol. The number of alkyl halides is 3. The first kappa shape index (κ1) is 22.2. The van der Waals surface area contributed by atoms with E-state index in [4.69, 9.17) is 4.74 Å². The highest BCUT2D eigenvalue weighted by molar-refractivity contribution is 9.10. The molecule has 0 aliphatic rings. The van der Waals surface area contributed by atoms with Crippen molar-refractivity contribution in [3.05, 3.63) is 57.6 Å². The molecule has 2 aromatic rings. The first-order valence-corrected chi connectivity index (χ1v) is 9.37. The second-order valence-corrected chi connectivity index (χ2v) is 7.52. The number of hydrogen-bond donors (Lipinski definition) is 1. The van der Waals surface area contributed by atoms with Crippen LogP contribution >= 0.6 is 15.9 Å². The van der Waals surface area contributed by atoms with E-state index in [1.165, 1.54) is 0 Å². The molecule has 0 atom stereocenters. The van der Waals surface area contributed by atoms with E-state index in [0.29, 0.717) is 23.4 Å². The molecule has 2 rings (SSSR count). The number of para-hydroxylation sites is 1. The molecule has 28 heavy (non-hydrogen) atoms. The highest BCUT2D eigenvalue weighted by Crippen LogP contribution is 2.27. The summed E-state index contributed by atoms with van der Waals surface area (Å²) >= 11 is 3.38. The normalized spacial score (nSPS) is 11.6. The van der Waals surface area contributed by atoms with Crippen molar-refractivity contribution in [2.75, 3.05) is 25.5 Å². The van der Waals surface area contributed by atoms with Crippen molar-refractivity contribution >= 4 is 27.5 Å². The minimum absolute atomic E-state index is 0.159. The minimum Gasteiger partial charge on any atom is -0.484 e. The molecule has 0 heterocycles. The number of carbonyl (C=O) groups is 1. The topological polar surface area (TPSA) is 41.6 Å². The number of nitrogens with one attached hydrogen (secondary N) is 1. The molecule has 152 valence electrons. The number of ether oxygens (including phenoxy) is 1. The van der Waals surface area contributed by atoms with Crippen LogP contribution in [0.15, 0.2) is 40.9 Å². The van der Waals surface area contributed by atoms with Gasteiger partial charge in [0.15, 0.2) is 6.61 Å². The highest BCUT2D eigenvalue weighted by Gasteiger charge is 2.29. The quantitative estimate of drug-likeness (QED) is 0.628. The molecule has 0 aliphatic heterocycles. The molecule has 4 nitrogen and oxygen atoms in total. The van der Waals surface area contributed by atoms with Gasteiger partial charge in [0.25, 0.3) is 0 Å². The van der Waals surface area contributed by atoms with Gasteiger partial charge in [0.05, 0.1) is 12.2 Å². The van der Waals surface area contributed by atoms with E-state index in [1.54, 1.807) is 39.1 Å². The van der Waals surface area contributed by atoms with E-state index in [-0.39, 0.29) is 18.2 Å². The van der Waals surface area contributed by atoms with Crippen molar-refractivity contribution in [1.82, 2.24) is 4.90 Å². The maximum Gasteiger partial charge on any atom is 0.422 e. The van der Waals surface area contributed by atoms with Crippen LogP contribution in [-0.4, -0.2) is 37.2 Å². The number of aryl methyl sites for hydroxylation is 2. The molecular formula is C20H22BrF3N2O2. The summed E-state index contributed by atoms with van der Waals surface area (Å²) in [6.45, 7) is 2.75.